The Hall–Kier alpha value is -0.220. The Morgan fingerprint density at radius 1 is 1.46 bits per heavy atom. The van der Waals surface area contributed by atoms with Crippen LogP contribution in [0.25, 0.3) is 0 Å². The molecule has 0 spiro atoms. The van der Waals surface area contributed by atoms with E-state index in [0.717, 1.165) is 23.5 Å². The van der Waals surface area contributed by atoms with Gasteiger partial charge in [0.2, 0.25) is 0 Å². The van der Waals surface area contributed by atoms with E-state index in [1.807, 2.05) is 12.1 Å². The minimum Gasteiger partial charge on any atom is -0.612 e. The maximum atomic E-state index is 11.3. The molecule has 0 aromatic heterocycles. The highest BCUT2D eigenvalue weighted by Gasteiger charge is 2.20. The van der Waals surface area contributed by atoms with E-state index in [1.54, 1.807) is 6.26 Å². The summed E-state index contributed by atoms with van der Waals surface area (Å²) in [7, 11) is 0. The molecular formula is C9H10ClNOS. The molecular weight excluding hydrogens is 206 g/mol. The molecule has 2 nitrogen and oxygen atoms in total. The van der Waals surface area contributed by atoms with Crippen LogP contribution >= 0.6 is 11.6 Å². The molecule has 1 atom stereocenters. The fraction of sp³-hybridized carbons (Fsp3) is 0.333. The van der Waals surface area contributed by atoms with Gasteiger partial charge in [0.1, 0.15) is 11.3 Å². The highest BCUT2D eigenvalue weighted by molar-refractivity contribution is 7.90. The molecule has 0 amide bonds. The summed E-state index contributed by atoms with van der Waals surface area (Å²) in [6.07, 6.45) is 1.65. The number of fused-ring (bicyclic) bond motifs is 1. The molecule has 0 bridgehead atoms. The van der Waals surface area contributed by atoms with Crippen molar-refractivity contribution in [2.45, 2.75) is 18.0 Å². The Bertz CT molecular complexity index is 341. The van der Waals surface area contributed by atoms with E-state index < -0.39 is 11.2 Å². The zero-order chi connectivity index (χ0) is 9.42. The predicted octanol–water partition coefficient (Wildman–Crippen LogP) is 1.68. The van der Waals surface area contributed by atoms with Crippen molar-refractivity contribution in [3.63, 3.8) is 0 Å². The van der Waals surface area contributed by atoms with Crippen LogP contribution in [-0.4, -0.2) is 10.8 Å². The fourth-order valence-electron chi connectivity index (χ4n) is 1.54. The summed E-state index contributed by atoms with van der Waals surface area (Å²) in [5.41, 5.74) is 2.33. The van der Waals surface area contributed by atoms with Crippen LogP contribution in [0.3, 0.4) is 0 Å². The molecule has 0 aliphatic carbocycles. The summed E-state index contributed by atoms with van der Waals surface area (Å²) in [6.45, 7) is 1.66. The number of nitrogens with one attached hydrogen (secondary N) is 1. The number of hydrogen-bond donors (Lipinski definition) is 1. The maximum absolute atomic E-state index is 11.3. The third-order valence-corrected chi connectivity index (χ3v) is 3.74. The standard InChI is InChI=1S/C9H10ClNOS/c1-13(12)8-3-2-6-4-11-5-7(6)9(8)10/h2-3,11H,4-5H2,1H3. The largest absolute Gasteiger partial charge is 0.612 e. The number of rotatable bonds is 1. The molecule has 0 saturated carbocycles. The molecule has 70 valence electrons. The summed E-state index contributed by atoms with van der Waals surface area (Å²) in [6, 6.07) is 3.85. The molecule has 13 heavy (non-hydrogen) atoms. The van der Waals surface area contributed by atoms with Gasteiger partial charge in [0, 0.05) is 13.1 Å². The van der Waals surface area contributed by atoms with Gasteiger partial charge in [-0.25, -0.2) is 0 Å². The first kappa shape index (κ1) is 9.34. The van der Waals surface area contributed by atoms with Crippen LogP contribution in [0.2, 0.25) is 5.02 Å². The number of halogens is 1. The second-order valence-corrected chi connectivity index (χ2v) is 4.80. The molecule has 1 aliphatic heterocycles. The van der Waals surface area contributed by atoms with Gasteiger partial charge in [-0.05, 0) is 28.4 Å². The van der Waals surface area contributed by atoms with E-state index in [1.165, 1.54) is 5.56 Å². The van der Waals surface area contributed by atoms with E-state index in [9.17, 15) is 4.55 Å². The van der Waals surface area contributed by atoms with Gasteiger partial charge in [-0.2, -0.15) is 0 Å². The summed E-state index contributed by atoms with van der Waals surface area (Å²) in [5.74, 6) is 0. The van der Waals surface area contributed by atoms with Crippen LogP contribution < -0.4 is 5.32 Å². The summed E-state index contributed by atoms with van der Waals surface area (Å²) < 4.78 is 11.3. The Balaban J connectivity index is 2.52. The lowest BCUT2D eigenvalue weighted by Gasteiger charge is -2.08. The first-order valence-electron chi connectivity index (χ1n) is 4.04. The molecule has 1 aliphatic rings. The smallest absolute Gasteiger partial charge is 0.171 e. The summed E-state index contributed by atoms with van der Waals surface area (Å²) in [4.78, 5) is 0.740. The third-order valence-electron chi connectivity index (χ3n) is 2.23. The Morgan fingerprint density at radius 2 is 2.23 bits per heavy atom. The van der Waals surface area contributed by atoms with E-state index in [0.29, 0.717) is 5.02 Å². The molecule has 0 fully saturated rings. The summed E-state index contributed by atoms with van der Waals surface area (Å²) >= 11 is 5.12. The molecule has 1 aromatic rings. The predicted molar refractivity (Wildman–Crippen MR) is 54.3 cm³/mol. The van der Waals surface area contributed by atoms with E-state index in [4.69, 9.17) is 11.6 Å². The Kier molecular flexibility index (Phi) is 2.51. The second-order valence-electron chi connectivity index (χ2n) is 3.07. The van der Waals surface area contributed by atoms with Gasteiger partial charge in [0.25, 0.3) is 0 Å². The van der Waals surface area contributed by atoms with Crippen LogP contribution in [0.15, 0.2) is 17.0 Å². The normalized spacial score (nSPS) is 17.2. The molecule has 4 heteroatoms. The minimum absolute atomic E-state index is 0.670. The first-order valence-corrected chi connectivity index (χ1v) is 5.98. The number of hydrogen-bond acceptors (Lipinski definition) is 2. The summed E-state index contributed by atoms with van der Waals surface area (Å²) in [5, 5.41) is 3.88. The van der Waals surface area contributed by atoms with E-state index in [-0.39, 0.29) is 0 Å². The molecule has 1 aromatic carbocycles. The molecule has 1 unspecified atom stereocenters. The average Bonchev–Trinajstić information content (AvgIpc) is 2.52. The minimum atomic E-state index is -0.993. The zero-order valence-corrected chi connectivity index (χ0v) is 8.84. The lowest BCUT2D eigenvalue weighted by Crippen LogP contribution is -2.01. The van der Waals surface area contributed by atoms with Gasteiger partial charge >= 0.3 is 0 Å². The topological polar surface area (TPSA) is 35.1 Å². The van der Waals surface area contributed by atoms with E-state index in [2.05, 4.69) is 5.32 Å². The quantitative estimate of drug-likeness (QED) is 0.724. The zero-order valence-electron chi connectivity index (χ0n) is 7.26. The molecule has 2 rings (SSSR count). The SMILES string of the molecule is C[S+]([O-])c1ccc2c(c1Cl)CNC2. The van der Waals surface area contributed by atoms with Crippen molar-refractivity contribution < 1.29 is 4.55 Å². The van der Waals surface area contributed by atoms with Crippen molar-refractivity contribution in [1.82, 2.24) is 5.32 Å². The van der Waals surface area contributed by atoms with Crippen molar-refractivity contribution in [3.8, 4) is 0 Å². The van der Waals surface area contributed by atoms with Gasteiger partial charge in [0.15, 0.2) is 4.90 Å². The van der Waals surface area contributed by atoms with Crippen LogP contribution in [-0.2, 0) is 24.3 Å². The monoisotopic (exact) mass is 215 g/mol. The van der Waals surface area contributed by atoms with Crippen molar-refractivity contribution >= 4 is 22.8 Å². The van der Waals surface area contributed by atoms with E-state index >= 15 is 0 Å². The van der Waals surface area contributed by atoms with Crippen LogP contribution in [0.5, 0.6) is 0 Å². The van der Waals surface area contributed by atoms with Crippen molar-refractivity contribution in [2.75, 3.05) is 6.26 Å². The first-order chi connectivity index (χ1) is 6.20. The Morgan fingerprint density at radius 3 is 2.92 bits per heavy atom. The fourth-order valence-corrected chi connectivity index (χ4v) is 2.75. The maximum Gasteiger partial charge on any atom is 0.171 e. The second kappa shape index (κ2) is 3.50. The highest BCUT2D eigenvalue weighted by Crippen LogP contribution is 2.30. The van der Waals surface area contributed by atoms with Gasteiger partial charge in [-0.3, -0.25) is 0 Å². The molecule has 1 heterocycles. The average molecular weight is 216 g/mol. The third kappa shape index (κ3) is 1.57. The molecule has 0 saturated heterocycles. The highest BCUT2D eigenvalue weighted by atomic mass is 35.5. The van der Waals surface area contributed by atoms with Crippen LogP contribution in [0.4, 0.5) is 0 Å². The molecule has 0 radical (unpaired) electrons. The number of benzene rings is 1. The van der Waals surface area contributed by atoms with Gasteiger partial charge in [0.05, 0.1) is 0 Å². The van der Waals surface area contributed by atoms with Gasteiger partial charge in [-0.1, -0.05) is 17.7 Å². The van der Waals surface area contributed by atoms with Crippen LogP contribution in [0.1, 0.15) is 11.1 Å². The lowest BCUT2D eigenvalue weighted by molar-refractivity contribution is 0.600. The van der Waals surface area contributed by atoms with Crippen molar-refractivity contribution in [1.29, 1.82) is 0 Å². The molecule has 1 N–H and O–H groups in total. The van der Waals surface area contributed by atoms with Crippen LogP contribution in [0, 0.1) is 0 Å². The van der Waals surface area contributed by atoms with Crippen molar-refractivity contribution in [3.05, 3.63) is 28.3 Å². The van der Waals surface area contributed by atoms with Gasteiger partial charge < -0.3 is 9.87 Å². The Labute approximate surface area is 85.5 Å². The van der Waals surface area contributed by atoms with Gasteiger partial charge in [-0.15, -0.1) is 0 Å². The van der Waals surface area contributed by atoms with Crippen molar-refractivity contribution in [2.24, 2.45) is 0 Å². The lowest BCUT2D eigenvalue weighted by atomic mass is 10.1.